The lowest BCUT2D eigenvalue weighted by Crippen LogP contribution is -2.12. The molecule has 0 radical (unpaired) electrons. The number of benzene rings is 3. The van der Waals surface area contributed by atoms with E-state index < -0.39 is 0 Å². The van der Waals surface area contributed by atoms with E-state index in [1.807, 2.05) is 66.4 Å². The molecule has 3 aromatic rings. The van der Waals surface area contributed by atoms with Gasteiger partial charge in [0.1, 0.15) is 5.82 Å². The Balaban J connectivity index is 2.21. The highest BCUT2D eigenvalue weighted by Gasteiger charge is 2.17. The summed E-state index contributed by atoms with van der Waals surface area (Å²) in [5, 5.41) is 0. The highest BCUT2D eigenvalue weighted by atomic mass is 79.9. The second kappa shape index (κ2) is 6.32. The first-order valence-corrected chi connectivity index (χ1v) is 7.82. The number of aryl methyl sites for hydroxylation is 1. The molecule has 0 aliphatic heterocycles. The van der Waals surface area contributed by atoms with E-state index in [4.69, 9.17) is 0 Å². The highest BCUT2D eigenvalue weighted by molar-refractivity contribution is 9.10. The molecule has 0 fully saturated rings. The van der Waals surface area contributed by atoms with Gasteiger partial charge >= 0.3 is 0 Å². The van der Waals surface area contributed by atoms with Crippen LogP contribution in [0.4, 0.5) is 21.5 Å². The molecule has 0 heterocycles. The van der Waals surface area contributed by atoms with E-state index in [-0.39, 0.29) is 5.82 Å². The van der Waals surface area contributed by atoms with Crippen LogP contribution in [0.1, 0.15) is 5.56 Å². The summed E-state index contributed by atoms with van der Waals surface area (Å²) < 4.78 is 15.4. The first-order chi connectivity index (χ1) is 10.7. The Kier molecular flexibility index (Phi) is 4.25. The molecule has 0 unspecified atom stereocenters. The molecule has 0 aliphatic carbocycles. The molecule has 1 nitrogen and oxygen atoms in total. The Morgan fingerprint density at radius 3 is 2.00 bits per heavy atom. The zero-order valence-corrected chi connectivity index (χ0v) is 13.7. The molecule has 22 heavy (non-hydrogen) atoms. The van der Waals surface area contributed by atoms with Crippen molar-refractivity contribution in [1.29, 1.82) is 0 Å². The number of nitrogens with zero attached hydrogens (tertiary/aromatic N) is 1. The van der Waals surface area contributed by atoms with Gasteiger partial charge in [-0.2, -0.15) is 0 Å². The van der Waals surface area contributed by atoms with E-state index in [0.717, 1.165) is 21.4 Å². The molecule has 3 rings (SSSR count). The largest absolute Gasteiger partial charge is 0.307 e. The van der Waals surface area contributed by atoms with Crippen LogP contribution in [0.3, 0.4) is 0 Å². The van der Waals surface area contributed by atoms with Gasteiger partial charge in [0.25, 0.3) is 0 Å². The van der Waals surface area contributed by atoms with Gasteiger partial charge in [-0.15, -0.1) is 0 Å². The smallest absolute Gasteiger partial charge is 0.147 e. The monoisotopic (exact) mass is 355 g/mol. The van der Waals surface area contributed by atoms with E-state index in [1.54, 1.807) is 12.1 Å². The molecule has 0 saturated heterocycles. The summed E-state index contributed by atoms with van der Waals surface area (Å²) in [6.45, 7) is 2.03. The third-order valence-corrected chi connectivity index (χ3v) is 4.06. The van der Waals surface area contributed by atoms with E-state index >= 15 is 0 Å². The van der Waals surface area contributed by atoms with Crippen molar-refractivity contribution in [2.75, 3.05) is 4.90 Å². The second-order valence-corrected chi connectivity index (χ2v) is 5.97. The van der Waals surface area contributed by atoms with Crippen molar-refractivity contribution in [2.45, 2.75) is 6.92 Å². The Hall–Kier alpha value is -2.13. The first-order valence-electron chi connectivity index (χ1n) is 7.02. The van der Waals surface area contributed by atoms with Gasteiger partial charge in [-0.1, -0.05) is 46.3 Å². The van der Waals surface area contributed by atoms with E-state index in [9.17, 15) is 4.39 Å². The lowest BCUT2D eigenvalue weighted by atomic mass is 10.1. The Morgan fingerprint density at radius 1 is 0.773 bits per heavy atom. The molecule has 0 bridgehead atoms. The van der Waals surface area contributed by atoms with Crippen LogP contribution in [0.15, 0.2) is 77.3 Å². The lowest BCUT2D eigenvalue weighted by molar-refractivity contribution is 0.629. The summed E-state index contributed by atoms with van der Waals surface area (Å²) in [5.74, 6) is -0.242. The Bertz CT molecular complexity index is 738. The first kappa shape index (κ1) is 14.8. The molecule has 3 heteroatoms. The number of hydrogen-bond donors (Lipinski definition) is 0. The van der Waals surface area contributed by atoms with Crippen molar-refractivity contribution in [2.24, 2.45) is 0 Å². The Labute approximate surface area is 138 Å². The molecule has 0 aliphatic rings. The number of anilines is 3. The summed E-state index contributed by atoms with van der Waals surface area (Å²) in [5.41, 5.74) is 3.52. The zero-order valence-electron chi connectivity index (χ0n) is 12.1. The van der Waals surface area contributed by atoms with Gasteiger partial charge in [-0.05, 0) is 55.0 Å². The van der Waals surface area contributed by atoms with Crippen molar-refractivity contribution in [3.05, 3.63) is 88.6 Å². The minimum Gasteiger partial charge on any atom is -0.307 e. The SMILES string of the molecule is Cc1ccccc1N(c1ccc(Br)cc1)c1ccccc1F. The van der Waals surface area contributed by atoms with Gasteiger partial charge in [0.2, 0.25) is 0 Å². The summed E-state index contributed by atoms with van der Waals surface area (Å²) in [6, 6.07) is 22.7. The number of para-hydroxylation sites is 2. The predicted molar refractivity (Wildman–Crippen MR) is 93.5 cm³/mol. The van der Waals surface area contributed by atoms with Crippen molar-refractivity contribution in [3.63, 3.8) is 0 Å². The molecule has 0 N–H and O–H groups in total. The van der Waals surface area contributed by atoms with E-state index in [2.05, 4.69) is 15.9 Å². The van der Waals surface area contributed by atoms with Crippen LogP contribution < -0.4 is 4.90 Å². The standard InChI is InChI=1S/C19H15BrFN/c1-14-6-2-4-8-18(14)22(16-12-10-15(20)11-13-16)19-9-5-3-7-17(19)21/h2-13H,1H3. The fourth-order valence-electron chi connectivity index (χ4n) is 2.45. The van der Waals surface area contributed by atoms with E-state index in [0.29, 0.717) is 5.69 Å². The minimum atomic E-state index is -0.242. The molecular weight excluding hydrogens is 341 g/mol. The fraction of sp³-hybridized carbons (Fsp3) is 0.0526. The van der Waals surface area contributed by atoms with Gasteiger partial charge in [0.15, 0.2) is 0 Å². The fourth-order valence-corrected chi connectivity index (χ4v) is 2.71. The van der Waals surface area contributed by atoms with Crippen molar-refractivity contribution >= 4 is 33.0 Å². The lowest BCUT2D eigenvalue weighted by Gasteiger charge is -2.27. The van der Waals surface area contributed by atoms with Gasteiger partial charge in [0.05, 0.1) is 5.69 Å². The molecule has 3 aromatic carbocycles. The van der Waals surface area contributed by atoms with Crippen molar-refractivity contribution in [1.82, 2.24) is 0 Å². The van der Waals surface area contributed by atoms with Crippen LogP contribution in [0.2, 0.25) is 0 Å². The molecule has 0 amide bonds. The second-order valence-electron chi connectivity index (χ2n) is 5.05. The molecular formula is C19H15BrFN. The summed E-state index contributed by atoms with van der Waals surface area (Å²) in [7, 11) is 0. The van der Waals surface area contributed by atoms with Gasteiger partial charge in [0, 0.05) is 15.8 Å². The maximum Gasteiger partial charge on any atom is 0.147 e. The number of hydrogen-bond acceptors (Lipinski definition) is 1. The van der Waals surface area contributed by atoms with Gasteiger partial charge < -0.3 is 4.90 Å². The number of rotatable bonds is 3. The van der Waals surface area contributed by atoms with Crippen LogP contribution in [0.5, 0.6) is 0 Å². The minimum absolute atomic E-state index is 0.242. The average molecular weight is 356 g/mol. The predicted octanol–water partition coefficient (Wildman–Crippen LogP) is 6.37. The van der Waals surface area contributed by atoms with Crippen molar-refractivity contribution in [3.8, 4) is 0 Å². The topological polar surface area (TPSA) is 3.24 Å². The van der Waals surface area contributed by atoms with Gasteiger partial charge in [-0.3, -0.25) is 0 Å². The molecule has 0 aromatic heterocycles. The van der Waals surface area contributed by atoms with Crippen LogP contribution in [0.25, 0.3) is 0 Å². The normalized spacial score (nSPS) is 10.5. The molecule has 0 spiro atoms. The molecule has 0 saturated carbocycles. The maximum absolute atomic E-state index is 14.4. The van der Waals surface area contributed by atoms with Crippen LogP contribution >= 0.6 is 15.9 Å². The maximum atomic E-state index is 14.4. The average Bonchev–Trinajstić information content (AvgIpc) is 2.53. The molecule has 110 valence electrons. The Morgan fingerprint density at radius 2 is 1.36 bits per heavy atom. The van der Waals surface area contributed by atoms with Gasteiger partial charge in [-0.25, -0.2) is 4.39 Å². The van der Waals surface area contributed by atoms with Crippen molar-refractivity contribution < 1.29 is 4.39 Å². The third kappa shape index (κ3) is 2.90. The third-order valence-electron chi connectivity index (χ3n) is 3.53. The number of halogens is 2. The molecule has 0 atom stereocenters. The summed E-state index contributed by atoms with van der Waals surface area (Å²) in [4.78, 5) is 1.94. The zero-order chi connectivity index (χ0) is 15.5. The summed E-state index contributed by atoms with van der Waals surface area (Å²) in [6.07, 6.45) is 0. The van der Waals surface area contributed by atoms with Crippen LogP contribution in [-0.2, 0) is 0 Å². The van der Waals surface area contributed by atoms with E-state index in [1.165, 1.54) is 6.07 Å². The summed E-state index contributed by atoms with van der Waals surface area (Å²) >= 11 is 3.44. The van der Waals surface area contributed by atoms with Crippen LogP contribution in [-0.4, -0.2) is 0 Å². The quantitative estimate of drug-likeness (QED) is 0.527. The highest BCUT2D eigenvalue weighted by Crippen LogP contribution is 2.37. The van der Waals surface area contributed by atoms with Crippen LogP contribution in [0, 0.1) is 12.7 Å².